The van der Waals surface area contributed by atoms with E-state index in [1.165, 1.54) is 4.68 Å². The summed E-state index contributed by atoms with van der Waals surface area (Å²) in [5, 5.41) is 18.9. The molecule has 0 amide bonds. The first-order valence-electron chi connectivity index (χ1n) is 9.68. The van der Waals surface area contributed by atoms with E-state index in [4.69, 9.17) is 4.74 Å². The fraction of sp³-hybridized carbons (Fsp3) is 0.174. The Bertz CT molecular complexity index is 1360. The Balaban J connectivity index is 1.61. The Morgan fingerprint density at radius 3 is 2.65 bits per heavy atom. The number of nitriles is 1. The molecule has 2 aromatic carbocycles. The highest BCUT2D eigenvalue weighted by molar-refractivity contribution is 5.63. The molecule has 0 unspecified atom stereocenters. The summed E-state index contributed by atoms with van der Waals surface area (Å²) in [5.74, 6) is 0.721. The molecule has 2 aromatic heterocycles. The van der Waals surface area contributed by atoms with E-state index in [-0.39, 0.29) is 6.61 Å². The fourth-order valence-corrected chi connectivity index (χ4v) is 3.42. The number of pyridine rings is 1. The van der Waals surface area contributed by atoms with E-state index in [2.05, 4.69) is 26.6 Å². The zero-order chi connectivity index (χ0) is 22.0. The maximum absolute atomic E-state index is 12.0. The van der Waals surface area contributed by atoms with E-state index in [0.717, 1.165) is 39.3 Å². The number of aryl methyl sites for hydroxylation is 3. The van der Waals surface area contributed by atoms with Crippen LogP contribution in [0.15, 0.2) is 53.3 Å². The van der Waals surface area contributed by atoms with Gasteiger partial charge in [0.1, 0.15) is 24.1 Å². The summed E-state index contributed by atoms with van der Waals surface area (Å²) in [5.41, 5.74) is 6.02. The minimum Gasteiger partial charge on any atom is -0.489 e. The number of benzene rings is 2. The largest absolute Gasteiger partial charge is 0.489 e. The average Bonchev–Trinajstić information content (AvgIpc) is 3.18. The molecular formula is C23H20N6O2. The van der Waals surface area contributed by atoms with E-state index in [9.17, 15) is 10.1 Å². The molecule has 0 aliphatic carbocycles. The number of aromatic amines is 1. The van der Waals surface area contributed by atoms with Crippen LogP contribution in [0.5, 0.6) is 5.75 Å². The van der Waals surface area contributed by atoms with Gasteiger partial charge in [0.2, 0.25) is 0 Å². The Kier molecular flexibility index (Phi) is 5.33. The summed E-state index contributed by atoms with van der Waals surface area (Å²) in [6, 6.07) is 17.2. The van der Waals surface area contributed by atoms with Gasteiger partial charge < -0.3 is 4.74 Å². The number of ether oxygens (including phenoxy) is 1. The van der Waals surface area contributed by atoms with E-state index in [0.29, 0.717) is 11.4 Å². The lowest BCUT2D eigenvalue weighted by Crippen LogP contribution is -2.18. The van der Waals surface area contributed by atoms with Crippen LogP contribution in [-0.4, -0.2) is 25.2 Å². The molecule has 0 fully saturated rings. The number of hydrogen-bond acceptors (Lipinski definition) is 6. The van der Waals surface area contributed by atoms with E-state index < -0.39 is 5.69 Å². The fourth-order valence-electron chi connectivity index (χ4n) is 3.42. The molecule has 4 aromatic rings. The first kappa shape index (κ1) is 20.0. The van der Waals surface area contributed by atoms with Crippen molar-refractivity contribution < 1.29 is 4.74 Å². The zero-order valence-corrected chi connectivity index (χ0v) is 17.4. The van der Waals surface area contributed by atoms with Crippen LogP contribution in [0, 0.1) is 32.1 Å². The summed E-state index contributed by atoms with van der Waals surface area (Å²) in [4.78, 5) is 16.4. The number of H-pyrrole nitrogens is 1. The van der Waals surface area contributed by atoms with Crippen molar-refractivity contribution in [2.75, 3.05) is 0 Å². The lowest BCUT2D eigenvalue weighted by molar-refractivity contribution is 0.302. The minimum atomic E-state index is -0.408. The Morgan fingerprint density at radius 1 is 1.10 bits per heavy atom. The molecule has 0 saturated carbocycles. The third kappa shape index (κ3) is 4.07. The molecule has 0 radical (unpaired) electrons. The first-order valence-corrected chi connectivity index (χ1v) is 9.68. The van der Waals surface area contributed by atoms with Gasteiger partial charge in [-0.2, -0.15) is 9.94 Å². The molecule has 8 nitrogen and oxygen atoms in total. The molecule has 154 valence electrons. The highest BCUT2D eigenvalue weighted by Gasteiger charge is 2.13. The molecule has 8 heteroatoms. The molecule has 0 spiro atoms. The second-order valence-corrected chi connectivity index (χ2v) is 7.29. The van der Waals surface area contributed by atoms with Crippen LogP contribution in [-0.2, 0) is 6.61 Å². The van der Waals surface area contributed by atoms with Gasteiger partial charge in [0.25, 0.3) is 0 Å². The Morgan fingerprint density at radius 2 is 1.94 bits per heavy atom. The van der Waals surface area contributed by atoms with Gasteiger partial charge in [-0.3, -0.25) is 0 Å². The highest BCUT2D eigenvalue weighted by Crippen LogP contribution is 2.27. The predicted molar refractivity (Wildman–Crippen MR) is 115 cm³/mol. The van der Waals surface area contributed by atoms with Gasteiger partial charge in [-0.1, -0.05) is 12.1 Å². The maximum Gasteiger partial charge on any atom is 0.365 e. The number of rotatable bonds is 5. The molecule has 0 aliphatic heterocycles. The topological polar surface area (TPSA) is 109 Å². The van der Waals surface area contributed by atoms with Gasteiger partial charge in [0.05, 0.1) is 11.4 Å². The molecule has 4 rings (SSSR count). The van der Waals surface area contributed by atoms with Crippen molar-refractivity contribution in [3.63, 3.8) is 0 Å². The standard InChI is InChI=1S/C23H20N6O2/c1-14-9-18(12-24)25-20(10-14)17-7-8-22(16(3)11-17)31-13-19-15(2)5-4-6-21(19)29-23(30)26-27-28-29/h4-11H,13H2,1-3H3,(H,26,28,30). The number of nitrogens with one attached hydrogen (secondary N) is 1. The summed E-state index contributed by atoms with van der Waals surface area (Å²) in [6.45, 7) is 6.12. The van der Waals surface area contributed by atoms with Crippen molar-refractivity contribution in [2.45, 2.75) is 27.4 Å². The summed E-state index contributed by atoms with van der Waals surface area (Å²) < 4.78 is 7.32. The van der Waals surface area contributed by atoms with Gasteiger partial charge in [0, 0.05) is 11.1 Å². The maximum atomic E-state index is 12.0. The van der Waals surface area contributed by atoms with Crippen molar-refractivity contribution >= 4 is 0 Å². The molecule has 1 N–H and O–H groups in total. The molecule has 2 heterocycles. The molecule has 0 aliphatic rings. The molecular weight excluding hydrogens is 392 g/mol. The van der Waals surface area contributed by atoms with Crippen LogP contribution >= 0.6 is 0 Å². The zero-order valence-electron chi connectivity index (χ0n) is 17.4. The summed E-state index contributed by atoms with van der Waals surface area (Å²) in [7, 11) is 0. The molecule has 0 bridgehead atoms. The molecule has 31 heavy (non-hydrogen) atoms. The van der Waals surface area contributed by atoms with E-state index >= 15 is 0 Å². The van der Waals surface area contributed by atoms with Gasteiger partial charge >= 0.3 is 5.69 Å². The molecule has 0 atom stereocenters. The second kappa shape index (κ2) is 8.24. The minimum absolute atomic E-state index is 0.267. The number of tetrazole rings is 1. The summed E-state index contributed by atoms with van der Waals surface area (Å²) >= 11 is 0. The quantitative estimate of drug-likeness (QED) is 0.538. The Hall–Kier alpha value is -4.25. The van der Waals surface area contributed by atoms with Crippen LogP contribution < -0.4 is 10.4 Å². The van der Waals surface area contributed by atoms with Crippen molar-refractivity contribution in [3.8, 4) is 28.8 Å². The normalized spacial score (nSPS) is 10.6. The smallest absolute Gasteiger partial charge is 0.365 e. The van der Waals surface area contributed by atoms with Crippen LogP contribution in [0.3, 0.4) is 0 Å². The van der Waals surface area contributed by atoms with E-state index in [1.807, 2.05) is 63.2 Å². The van der Waals surface area contributed by atoms with E-state index in [1.54, 1.807) is 6.07 Å². The van der Waals surface area contributed by atoms with Gasteiger partial charge in [-0.05, 0) is 84.3 Å². The van der Waals surface area contributed by atoms with Gasteiger partial charge in [-0.25, -0.2) is 14.9 Å². The third-order valence-corrected chi connectivity index (χ3v) is 5.01. The average molecular weight is 412 g/mol. The van der Waals surface area contributed by atoms with Crippen molar-refractivity contribution in [2.24, 2.45) is 0 Å². The lowest BCUT2D eigenvalue weighted by atomic mass is 10.1. The Labute approximate surface area is 178 Å². The number of nitrogens with zero attached hydrogens (tertiary/aromatic N) is 5. The van der Waals surface area contributed by atoms with Crippen molar-refractivity contribution in [1.29, 1.82) is 5.26 Å². The SMILES string of the molecule is Cc1cc(C#N)nc(-c2ccc(OCc3c(C)cccc3-n3nn[nH]c3=O)c(C)c2)c1. The number of aromatic nitrogens is 5. The van der Waals surface area contributed by atoms with Gasteiger partial charge in [-0.15, -0.1) is 0 Å². The first-order chi connectivity index (χ1) is 15.0. The lowest BCUT2D eigenvalue weighted by Gasteiger charge is -2.15. The number of hydrogen-bond donors (Lipinski definition) is 1. The van der Waals surface area contributed by atoms with Crippen molar-refractivity contribution in [3.05, 3.63) is 87.0 Å². The highest BCUT2D eigenvalue weighted by atomic mass is 16.5. The monoisotopic (exact) mass is 412 g/mol. The summed E-state index contributed by atoms with van der Waals surface area (Å²) in [6.07, 6.45) is 0. The van der Waals surface area contributed by atoms with Crippen LogP contribution in [0.4, 0.5) is 0 Å². The predicted octanol–water partition coefficient (Wildman–Crippen LogP) is 3.39. The third-order valence-electron chi connectivity index (χ3n) is 5.01. The van der Waals surface area contributed by atoms with Crippen LogP contribution in [0.2, 0.25) is 0 Å². The van der Waals surface area contributed by atoms with Gasteiger partial charge in [0.15, 0.2) is 0 Å². The van der Waals surface area contributed by atoms with Crippen LogP contribution in [0.1, 0.15) is 27.9 Å². The van der Waals surface area contributed by atoms with Crippen molar-refractivity contribution in [1.82, 2.24) is 25.2 Å². The second-order valence-electron chi connectivity index (χ2n) is 7.29. The molecule has 0 saturated heterocycles. The van der Waals surface area contributed by atoms with Crippen LogP contribution in [0.25, 0.3) is 16.9 Å².